The summed E-state index contributed by atoms with van der Waals surface area (Å²) >= 11 is 0. The van der Waals surface area contributed by atoms with E-state index < -0.39 is 0 Å². The maximum atomic E-state index is 11.8. The molecule has 0 unspecified atom stereocenters. The van der Waals surface area contributed by atoms with E-state index in [2.05, 4.69) is 15.7 Å². The van der Waals surface area contributed by atoms with Gasteiger partial charge in [0, 0.05) is 26.4 Å². The zero-order valence-electron chi connectivity index (χ0n) is 11.4. The number of nitrogens with zero attached hydrogens (tertiary/aromatic N) is 2. The second-order valence-electron chi connectivity index (χ2n) is 4.89. The highest BCUT2D eigenvalue weighted by molar-refractivity contribution is 5.93. The Balaban J connectivity index is 1.82. The normalized spacial score (nSPS) is 16.5. The number of piperidine rings is 1. The van der Waals surface area contributed by atoms with Crippen LogP contribution in [0.2, 0.25) is 0 Å². The van der Waals surface area contributed by atoms with Crippen LogP contribution in [-0.2, 0) is 11.3 Å². The number of hydrogen-bond donors (Lipinski definition) is 2. The fraction of sp³-hybridized carbons (Fsp3) is 0.692. The lowest BCUT2D eigenvalue weighted by atomic mass is 9.98. The number of ether oxygens (including phenoxy) is 1. The summed E-state index contributed by atoms with van der Waals surface area (Å²) in [6.07, 6.45) is 5.80. The number of nitrogens with one attached hydrogen (secondary N) is 2. The standard InChI is InChI=1S/C13H22N4O2/c1-19-7-6-15-13(18)12-8-16-17(10-12)9-11-2-4-14-5-3-11/h8,10-11,14H,2-7,9H2,1H3,(H,15,18). The highest BCUT2D eigenvalue weighted by atomic mass is 16.5. The molecular formula is C13H22N4O2. The van der Waals surface area contributed by atoms with Gasteiger partial charge in [-0.05, 0) is 31.8 Å². The van der Waals surface area contributed by atoms with Crippen LogP contribution >= 0.6 is 0 Å². The van der Waals surface area contributed by atoms with Gasteiger partial charge < -0.3 is 15.4 Å². The van der Waals surface area contributed by atoms with Gasteiger partial charge in [0.15, 0.2) is 0 Å². The van der Waals surface area contributed by atoms with E-state index in [1.165, 1.54) is 12.8 Å². The first kappa shape index (κ1) is 14.0. The van der Waals surface area contributed by atoms with E-state index in [-0.39, 0.29) is 5.91 Å². The van der Waals surface area contributed by atoms with Crippen molar-refractivity contribution in [2.45, 2.75) is 19.4 Å². The van der Waals surface area contributed by atoms with Crippen molar-refractivity contribution < 1.29 is 9.53 Å². The third-order valence-corrected chi connectivity index (χ3v) is 3.39. The van der Waals surface area contributed by atoms with Gasteiger partial charge in [0.1, 0.15) is 0 Å². The molecule has 6 nitrogen and oxygen atoms in total. The van der Waals surface area contributed by atoms with Crippen LogP contribution in [0.4, 0.5) is 0 Å². The first-order chi connectivity index (χ1) is 9.29. The number of methoxy groups -OCH3 is 1. The Morgan fingerprint density at radius 1 is 1.58 bits per heavy atom. The Morgan fingerprint density at radius 2 is 2.37 bits per heavy atom. The van der Waals surface area contributed by atoms with Gasteiger partial charge in [-0.2, -0.15) is 5.10 Å². The van der Waals surface area contributed by atoms with E-state index in [1.807, 2.05) is 10.9 Å². The lowest BCUT2D eigenvalue weighted by Crippen LogP contribution is -2.30. The van der Waals surface area contributed by atoms with Crippen LogP contribution < -0.4 is 10.6 Å². The summed E-state index contributed by atoms with van der Waals surface area (Å²) in [4.78, 5) is 11.8. The second kappa shape index (κ2) is 7.25. The van der Waals surface area contributed by atoms with Crippen LogP contribution in [0.25, 0.3) is 0 Å². The zero-order valence-corrected chi connectivity index (χ0v) is 11.4. The van der Waals surface area contributed by atoms with Gasteiger partial charge in [0.05, 0.1) is 18.4 Å². The minimum absolute atomic E-state index is 0.0892. The lowest BCUT2D eigenvalue weighted by Gasteiger charge is -2.22. The second-order valence-corrected chi connectivity index (χ2v) is 4.89. The van der Waals surface area contributed by atoms with Crippen molar-refractivity contribution in [1.29, 1.82) is 0 Å². The van der Waals surface area contributed by atoms with Crippen molar-refractivity contribution in [1.82, 2.24) is 20.4 Å². The number of amides is 1. The summed E-state index contributed by atoms with van der Waals surface area (Å²) in [6.45, 7) is 4.10. The molecule has 6 heteroatoms. The summed E-state index contributed by atoms with van der Waals surface area (Å²) in [5.41, 5.74) is 0.616. The first-order valence-corrected chi connectivity index (χ1v) is 6.80. The van der Waals surface area contributed by atoms with E-state index in [1.54, 1.807) is 13.3 Å². The molecule has 2 rings (SSSR count). The molecule has 106 valence electrons. The Kier molecular flexibility index (Phi) is 5.35. The van der Waals surface area contributed by atoms with Gasteiger partial charge in [-0.15, -0.1) is 0 Å². The molecular weight excluding hydrogens is 244 g/mol. The highest BCUT2D eigenvalue weighted by Crippen LogP contribution is 2.14. The fourth-order valence-electron chi connectivity index (χ4n) is 2.28. The Morgan fingerprint density at radius 3 is 3.11 bits per heavy atom. The predicted octanol–water partition coefficient (Wildman–Crippen LogP) is 0.259. The number of rotatable bonds is 6. The van der Waals surface area contributed by atoms with Gasteiger partial charge in [0.2, 0.25) is 0 Å². The molecule has 0 spiro atoms. The average molecular weight is 266 g/mol. The molecule has 1 aromatic heterocycles. The molecule has 0 saturated carbocycles. The van der Waals surface area contributed by atoms with Crippen LogP contribution in [-0.4, -0.2) is 49.0 Å². The van der Waals surface area contributed by atoms with Crippen LogP contribution in [0.15, 0.2) is 12.4 Å². The summed E-state index contributed by atoms with van der Waals surface area (Å²) in [6, 6.07) is 0. The van der Waals surface area contributed by atoms with Crippen LogP contribution in [0.1, 0.15) is 23.2 Å². The van der Waals surface area contributed by atoms with Gasteiger partial charge in [-0.25, -0.2) is 0 Å². The van der Waals surface area contributed by atoms with E-state index >= 15 is 0 Å². The number of hydrogen-bond acceptors (Lipinski definition) is 4. The summed E-state index contributed by atoms with van der Waals surface area (Å²) < 4.78 is 6.77. The maximum absolute atomic E-state index is 11.8. The monoisotopic (exact) mass is 266 g/mol. The van der Waals surface area contributed by atoms with Gasteiger partial charge in [0.25, 0.3) is 5.91 Å². The molecule has 1 aromatic rings. The fourth-order valence-corrected chi connectivity index (χ4v) is 2.28. The third kappa shape index (κ3) is 4.33. The molecule has 0 aromatic carbocycles. The SMILES string of the molecule is COCCNC(=O)c1cnn(CC2CCNCC2)c1. The van der Waals surface area contributed by atoms with E-state index in [9.17, 15) is 4.79 Å². The molecule has 0 radical (unpaired) electrons. The Hall–Kier alpha value is -1.40. The average Bonchev–Trinajstić information content (AvgIpc) is 2.89. The number of carbonyl (C=O) groups excluding carboxylic acids is 1. The van der Waals surface area contributed by atoms with Crippen molar-refractivity contribution >= 4 is 5.91 Å². The predicted molar refractivity (Wildman–Crippen MR) is 72.0 cm³/mol. The molecule has 1 amide bonds. The summed E-state index contributed by atoms with van der Waals surface area (Å²) in [5, 5.41) is 10.4. The maximum Gasteiger partial charge on any atom is 0.254 e. The molecule has 0 atom stereocenters. The van der Waals surface area contributed by atoms with E-state index in [4.69, 9.17) is 4.74 Å². The minimum Gasteiger partial charge on any atom is -0.383 e. The molecule has 1 saturated heterocycles. The van der Waals surface area contributed by atoms with Crippen molar-refractivity contribution in [2.75, 3.05) is 33.4 Å². The van der Waals surface area contributed by atoms with Crippen LogP contribution in [0.3, 0.4) is 0 Å². The quantitative estimate of drug-likeness (QED) is 0.725. The Labute approximate surface area is 113 Å². The Bertz CT molecular complexity index is 399. The van der Waals surface area contributed by atoms with Gasteiger partial charge in [-0.3, -0.25) is 9.48 Å². The third-order valence-electron chi connectivity index (χ3n) is 3.39. The molecule has 19 heavy (non-hydrogen) atoms. The topological polar surface area (TPSA) is 68.2 Å². The smallest absolute Gasteiger partial charge is 0.254 e. The van der Waals surface area contributed by atoms with Gasteiger partial charge in [-0.1, -0.05) is 0 Å². The van der Waals surface area contributed by atoms with Crippen LogP contribution in [0.5, 0.6) is 0 Å². The van der Waals surface area contributed by atoms with E-state index in [0.29, 0.717) is 24.6 Å². The molecule has 0 bridgehead atoms. The molecule has 1 aliphatic heterocycles. The van der Waals surface area contributed by atoms with E-state index in [0.717, 1.165) is 19.6 Å². The van der Waals surface area contributed by atoms with Crippen molar-refractivity contribution in [3.05, 3.63) is 18.0 Å². The zero-order chi connectivity index (χ0) is 13.5. The molecule has 2 N–H and O–H groups in total. The molecule has 1 fully saturated rings. The van der Waals surface area contributed by atoms with Crippen molar-refractivity contribution in [3.63, 3.8) is 0 Å². The largest absolute Gasteiger partial charge is 0.383 e. The first-order valence-electron chi connectivity index (χ1n) is 6.80. The van der Waals surface area contributed by atoms with Gasteiger partial charge >= 0.3 is 0 Å². The van der Waals surface area contributed by atoms with Crippen LogP contribution in [0, 0.1) is 5.92 Å². The molecule has 0 aliphatic carbocycles. The summed E-state index contributed by atoms with van der Waals surface area (Å²) in [7, 11) is 1.61. The minimum atomic E-state index is -0.0892. The highest BCUT2D eigenvalue weighted by Gasteiger charge is 2.15. The summed E-state index contributed by atoms with van der Waals surface area (Å²) in [5.74, 6) is 0.569. The molecule has 1 aliphatic rings. The van der Waals surface area contributed by atoms with Crippen molar-refractivity contribution in [3.8, 4) is 0 Å². The lowest BCUT2D eigenvalue weighted by molar-refractivity contribution is 0.0937. The van der Waals surface area contributed by atoms with Crippen molar-refractivity contribution in [2.24, 2.45) is 5.92 Å². The number of aromatic nitrogens is 2. The number of carbonyl (C=O) groups is 1. The molecule has 2 heterocycles.